The van der Waals surface area contributed by atoms with E-state index in [1.165, 1.54) is 24.1 Å². The minimum absolute atomic E-state index is 0.163. The highest BCUT2D eigenvalue weighted by atomic mass is 32.2. The molecule has 1 aromatic heterocycles. The van der Waals surface area contributed by atoms with E-state index in [1.54, 1.807) is 54.9 Å². The lowest BCUT2D eigenvalue weighted by atomic mass is 10.0. The average molecular weight is 467 g/mol. The van der Waals surface area contributed by atoms with E-state index < -0.39 is 22.0 Å². The van der Waals surface area contributed by atoms with Crippen molar-refractivity contribution in [3.05, 3.63) is 101 Å². The van der Waals surface area contributed by atoms with E-state index in [4.69, 9.17) is 4.74 Å². The molecule has 2 atom stereocenters. The molecule has 6 nitrogen and oxygen atoms in total. The number of ether oxygens (including phenoxy) is 1. The van der Waals surface area contributed by atoms with Crippen molar-refractivity contribution < 1.29 is 22.3 Å². The molecule has 1 amide bonds. The maximum absolute atomic E-state index is 13.6. The summed E-state index contributed by atoms with van der Waals surface area (Å²) in [5.74, 6) is -0.808. The number of carbonyl (C=O) groups is 1. The van der Waals surface area contributed by atoms with Gasteiger partial charge in [-0.1, -0.05) is 36.4 Å². The molecule has 2 aromatic carbocycles. The lowest BCUT2D eigenvalue weighted by Gasteiger charge is -2.31. The summed E-state index contributed by atoms with van der Waals surface area (Å²) in [5, 5.41) is 1.16. The first kappa shape index (κ1) is 22.8. The Hall–Kier alpha value is -3.36. The number of rotatable bonds is 7. The van der Waals surface area contributed by atoms with E-state index in [1.807, 2.05) is 12.1 Å². The van der Waals surface area contributed by atoms with Crippen LogP contribution >= 0.6 is 0 Å². The highest BCUT2D eigenvalue weighted by Crippen LogP contribution is 2.27. The number of hydrogen-bond donors (Lipinski definition) is 0. The number of nitrogens with zero attached hydrogens (tertiary/aromatic N) is 2. The van der Waals surface area contributed by atoms with Gasteiger partial charge in [0.2, 0.25) is 0 Å². The Morgan fingerprint density at radius 1 is 1.06 bits per heavy atom. The third kappa shape index (κ3) is 5.35. The van der Waals surface area contributed by atoms with Crippen LogP contribution in [0.25, 0.3) is 11.1 Å². The molecule has 0 N–H and O–H groups in total. The quantitative estimate of drug-likeness (QED) is 0.528. The Bertz CT molecular complexity index is 1240. The zero-order chi connectivity index (χ0) is 23.4. The van der Waals surface area contributed by atoms with Gasteiger partial charge >= 0.3 is 0 Å². The molecule has 1 aliphatic rings. The summed E-state index contributed by atoms with van der Waals surface area (Å²) in [5.41, 5.74) is 3.19. The van der Waals surface area contributed by atoms with Gasteiger partial charge in [-0.25, -0.2) is 12.8 Å². The van der Waals surface area contributed by atoms with E-state index in [9.17, 15) is 17.6 Å². The van der Waals surface area contributed by atoms with Crippen molar-refractivity contribution in [3.8, 4) is 11.1 Å². The molecule has 0 unspecified atom stereocenters. The minimum Gasteiger partial charge on any atom is -0.367 e. The highest BCUT2D eigenvalue weighted by molar-refractivity contribution is 7.94. The van der Waals surface area contributed by atoms with Crippen molar-refractivity contribution in [2.24, 2.45) is 0 Å². The number of hydrogen-bond acceptors (Lipinski definition) is 5. The second-order valence-electron chi connectivity index (χ2n) is 7.79. The molecule has 0 spiro atoms. The highest BCUT2D eigenvalue weighted by Gasteiger charge is 2.34. The van der Waals surface area contributed by atoms with Crippen LogP contribution in [0.2, 0.25) is 0 Å². The summed E-state index contributed by atoms with van der Waals surface area (Å²) in [6, 6.07) is 16.4. The molecule has 0 bridgehead atoms. The Morgan fingerprint density at radius 3 is 2.21 bits per heavy atom. The van der Waals surface area contributed by atoms with Gasteiger partial charge in [-0.15, -0.1) is 0 Å². The van der Waals surface area contributed by atoms with Crippen LogP contribution in [0, 0.1) is 5.82 Å². The van der Waals surface area contributed by atoms with Crippen molar-refractivity contribution in [3.63, 3.8) is 0 Å². The molecule has 0 radical (unpaired) electrons. The Labute approximate surface area is 192 Å². The molecule has 0 aliphatic carbocycles. The zero-order valence-electron chi connectivity index (χ0n) is 18.0. The summed E-state index contributed by atoms with van der Waals surface area (Å²) in [6.45, 7) is 0.222. The van der Waals surface area contributed by atoms with Crippen LogP contribution in [0.1, 0.15) is 17.2 Å². The van der Waals surface area contributed by atoms with Gasteiger partial charge in [0.05, 0.1) is 11.8 Å². The zero-order valence-corrected chi connectivity index (χ0v) is 18.8. The summed E-state index contributed by atoms with van der Waals surface area (Å²) >= 11 is 0. The molecule has 0 saturated carbocycles. The number of aromatic nitrogens is 1. The first-order valence-corrected chi connectivity index (χ1v) is 12.1. The molecule has 170 valence electrons. The van der Waals surface area contributed by atoms with Crippen LogP contribution in [-0.2, 0) is 25.9 Å². The lowest BCUT2D eigenvalue weighted by Crippen LogP contribution is -2.43. The van der Waals surface area contributed by atoms with Crippen LogP contribution in [0.15, 0.2) is 84.5 Å². The monoisotopic (exact) mass is 466 g/mol. The van der Waals surface area contributed by atoms with Gasteiger partial charge in [0.15, 0.2) is 15.9 Å². The summed E-state index contributed by atoms with van der Waals surface area (Å²) in [7, 11) is -1.91. The van der Waals surface area contributed by atoms with Crippen molar-refractivity contribution in [1.29, 1.82) is 0 Å². The lowest BCUT2D eigenvalue weighted by molar-refractivity contribution is -0.144. The van der Waals surface area contributed by atoms with Gasteiger partial charge in [-0.2, -0.15) is 0 Å². The maximum atomic E-state index is 13.6. The standard InChI is InChI=1S/C25H23FN2O4S/c1-32-24(21-4-2-19(3-5-21)20-6-8-22(26)9-7-20)25(29)28(16-18-10-13-27-14-11-18)23-12-15-33(30,31)17-23/h2-15,23-24H,16-17H2,1H3/t23-,24-/m0/s1. The number of carbonyl (C=O) groups excluding carboxylic acids is 1. The van der Waals surface area contributed by atoms with Gasteiger partial charge in [0.25, 0.3) is 5.91 Å². The maximum Gasteiger partial charge on any atom is 0.257 e. The van der Waals surface area contributed by atoms with Crippen molar-refractivity contribution in [2.75, 3.05) is 12.9 Å². The second kappa shape index (κ2) is 9.64. The van der Waals surface area contributed by atoms with E-state index in [0.717, 1.165) is 22.1 Å². The Balaban J connectivity index is 1.60. The predicted octanol–water partition coefficient (Wildman–Crippen LogP) is 3.91. The van der Waals surface area contributed by atoms with Gasteiger partial charge in [0, 0.05) is 31.5 Å². The molecular formula is C25H23FN2O4S. The molecule has 0 saturated heterocycles. The van der Waals surface area contributed by atoms with Crippen LogP contribution in [0.5, 0.6) is 0 Å². The molecular weight excluding hydrogens is 443 g/mol. The van der Waals surface area contributed by atoms with E-state index in [2.05, 4.69) is 4.98 Å². The first-order chi connectivity index (χ1) is 15.9. The van der Waals surface area contributed by atoms with Gasteiger partial charge in [0.1, 0.15) is 5.82 Å². The van der Waals surface area contributed by atoms with Gasteiger partial charge in [-0.3, -0.25) is 9.78 Å². The van der Waals surface area contributed by atoms with Crippen LogP contribution in [0.4, 0.5) is 4.39 Å². The second-order valence-corrected chi connectivity index (χ2v) is 9.72. The smallest absolute Gasteiger partial charge is 0.257 e. The third-order valence-electron chi connectivity index (χ3n) is 5.55. The molecule has 1 aliphatic heterocycles. The molecule has 0 fully saturated rings. The van der Waals surface area contributed by atoms with Crippen molar-refractivity contribution >= 4 is 15.7 Å². The molecule has 4 rings (SSSR count). The SMILES string of the molecule is CO[C@H](C(=O)N(Cc1ccncc1)[C@H]1C=CS(=O)(=O)C1)c1ccc(-c2ccc(F)cc2)cc1. The van der Waals surface area contributed by atoms with E-state index in [0.29, 0.717) is 5.56 Å². The predicted molar refractivity (Wildman–Crippen MR) is 123 cm³/mol. The molecule has 2 heterocycles. The number of benzene rings is 2. The topological polar surface area (TPSA) is 76.6 Å². The number of pyridine rings is 1. The van der Waals surface area contributed by atoms with Crippen LogP contribution in [0.3, 0.4) is 0 Å². The number of methoxy groups -OCH3 is 1. The van der Waals surface area contributed by atoms with E-state index in [-0.39, 0.29) is 24.0 Å². The fourth-order valence-corrected chi connectivity index (χ4v) is 5.12. The number of sulfone groups is 1. The third-order valence-corrected chi connectivity index (χ3v) is 6.93. The summed E-state index contributed by atoms with van der Waals surface area (Å²) in [6.07, 6.45) is 3.88. The van der Waals surface area contributed by atoms with Crippen LogP contribution in [-0.4, -0.2) is 43.1 Å². The van der Waals surface area contributed by atoms with E-state index >= 15 is 0 Å². The minimum atomic E-state index is -3.36. The van der Waals surface area contributed by atoms with Gasteiger partial charge < -0.3 is 9.64 Å². The summed E-state index contributed by atoms with van der Waals surface area (Å²) < 4.78 is 42.8. The van der Waals surface area contributed by atoms with Crippen molar-refractivity contribution in [2.45, 2.75) is 18.7 Å². The normalized spacial score (nSPS) is 17.6. The fourth-order valence-electron chi connectivity index (χ4n) is 3.82. The molecule has 8 heteroatoms. The van der Waals surface area contributed by atoms with Crippen molar-refractivity contribution in [1.82, 2.24) is 9.88 Å². The van der Waals surface area contributed by atoms with Crippen LogP contribution < -0.4 is 0 Å². The Kier molecular flexibility index (Phi) is 6.67. The Morgan fingerprint density at radius 2 is 1.67 bits per heavy atom. The van der Waals surface area contributed by atoms with Gasteiger partial charge in [-0.05, 0) is 52.6 Å². The first-order valence-electron chi connectivity index (χ1n) is 10.4. The largest absolute Gasteiger partial charge is 0.367 e. The fraction of sp³-hybridized carbons (Fsp3) is 0.200. The average Bonchev–Trinajstić information content (AvgIpc) is 3.19. The number of halogens is 1. The number of amides is 1. The molecule has 33 heavy (non-hydrogen) atoms. The molecule has 3 aromatic rings. The summed E-state index contributed by atoms with van der Waals surface area (Å²) in [4.78, 5) is 19.1.